The van der Waals surface area contributed by atoms with Gasteiger partial charge >= 0.3 is 12.3 Å². The van der Waals surface area contributed by atoms with E-state index in [0.717, 1.165) is 38.5 Å². The monoisotopic (exact) mass is 416 g/mol. The predicted octanol–water partition coefficient (Wildman–Crippen LogP) is 6.87. The predicted molar refractivity (Wildman–Crippen MR) is 116 cm³/mol. The number of fused-ring (bicyclic) bond motifs is 1. The Morgan fingerprint density at radius 3 is 1.47 bits per heavy atom. The van der Waals surface area contributed by atoms with Crippen molar-refractivity contribution in [2.45, 2.75) is 66.2 Å². The van der Waals surface area contributed by atoms with E-state index in [9.17, 15) is 9.59 Å². The van der Waals surface area contributed by atoms with E-state index in [0.29, 0.717) is 46.6 Å². The van der Waals surface area contributed by atoms with E-state index in [1.807, 2.05) is 38.1 Å². The molecule has 6 nitrogen and oxygen atoms in total. The molecule has 0 unspecified atom stereocenters. The highest BCUT2D eigenvalue weighted by molar-refractivity contribution is 5.98. The van der Waals surface area contributed by atoms with Gasteiger partial charge in [0.25, 0.3) is 0 Å². The van der Waals surface area contributed by atoms with Gasteiger partial charge in [0.05, 0.1) is 13.2 Å². The number of hydrogen-bond acceptors (Lipinski definition) is 6. The van der Waals surface area contributed by atoms with E-state index in [2.05, 4.69) is 13.8 Å². The van der Waals surface area contributed by atoms with E-state index < -0.39 is 12.3 Å². The maximum absolute atomic E-state index is 12.2. The van der Waals surface area contributed by atoms with E-state index in [-0.39, 0.29) is 0 Å². The van der Waals surface area contributed by atoms with Gasteiger partial charge in [-0.15, -0.1) is 0 Å². The lowest BCUT2D eigenvalue weighted by atomic mass is 9.99. The topological polar surface area (TPSA) is 71.1 Å². The Kier molecular flexibility index (Phi) is 9.45. The largest absolute Gasteiger partial charge is 0.513 e. The van der Waals surface area contributed by atoms with Crippen LogP contribution in [0.15, 0.2) is 24.3 Å². The molecule has 0 fully saturated rings. The molecule has 0 N–H and O–H groups in total. The SMILES string of the molecule is CCCCCOC(=O)Oc1c(C)c(C)c(OC(=O)OCCCCC)c2ccccc12. The van der Waals surface area contributed by atoms with E-state index in [4.69, 9.17) is 18.9 Å². The highest BCUT2D eigenvalue weighted by Crippen LogP contribution is 2.40. The molecule has 0 saturated carbocycles. The van der Waals surface area contributed by atoms with Crippen molar-refractivity contribution in [2.75, 3.05) is 13.2 Å². The number of carbonyl (C=O) groups excluding carboxylic acids is 2. The first-order valence-corrected chi connectivity index (χ1v) is 10.7. The Balaban J connectivity index is 2.22. The highest BCUT2D eigenvalue weighted by atomic mass is 16.7. The summed E-state index contributed by atoms with van der Waals surface area (Å²) in [6.07, 6.45) is 4.22. The summed E-state index contributed by atoms with van der Waals surface area (Å²) in [6.45, 7) is 8.46. The molecule has 30 heavy (non-hydrogen) atoms. The number of unbranched alkanes of at least 4 members (excludes halogenated alkanes) is 4. The third-order valence-electron chi connectivity index (χ3n) is 4.97. The Morgan fingerprint density at radius 1 is 0.700 bits per heavy atom. The van der Waals surface area contributed by atoms with E-state index in [1.165, 1.54) is 0 Å². The third kappa shape index (κ3) is 6.37. The van der Waals surface area contributed by atoms with Crippen LogP contribution in [0.1, 0.15) is 63.5 Å². The molecule has 0 atom stereocenters. The molecule has 164 valence electrons. The lowest BCUT2D eigenvalue weighted by Crippen LogP contribution is -2.15. The average molecular weight is 417 g/mol. The van der Waals surface area contributed by atoms with Gasteiger partial charge in [-0.05, 0) is 37.8 Å². The first kappa shape index (κ1) is 23.5. The first-order chi connectivity index (χ1) is 14.5. The second kappa shape index (κ2) is 12.1. The molecule has 0 spiro atoms. The number of hydrogen-bond donors (Lipinski definition) is 0. The molecule has 2 aromatic rings. The number of rotatable bonds is 10. The number of carbonyl (C=O) groups is 2. The van der Waals surface area contributed by atoms with Gasteiger partial charge in [0.2, 0.25) is 0 Å². The number of benzene rings is 2. The first-order valence-electron chi connectivity index (χ1n) is 10.7. The van der Waals surface area contributed by atoms with Crippen molar-refractivity contribution >= 4 is 23.1 Å². The zero-order chi connectivity index (χ0) is 21.9. The molecule has 0 aliphatic carbocycles. The molecule has 0 aliphatic heterocycles. The fourth-order valence-corrected chi connectivity index (χ4v) is 3.13. The van der Waals surface area contributed by atoms with Crippen LogP contribution in [0.2, 0.25) is 0 Å². The smallest absolute Gasteiger partial charge is 0.434 e. The number of ether oxygens (including phenoxy) is 4. The van der Waals surface area contributed by atoms with Crippen molar-refractivity contribution in [3.8, 4) is 11.5 Å². The molecule has 0 bridgehead atoms. The maximum atomic E-state index is 12.2. The summed E-state index contributed by atoms with van der Waals surface area (Å²) < 4.78 is 21.4. The molecule has 2 rings (SSSR count). The summed E-state index contributed by atoms with van der Waals surface area (Å²) in [5, 5.41) is 1.33. The Morgan fingerprint density at radius 2 is 1.10 bits per heavy atom. The molecule has 2 aromatic carbocycles. The van der Waals surface area contributed by atoms with E-state index >= 15 is 0 Å². The fraction of sp³-hybridized carbons (Fsp3) is 0.500. The second-order valence-corrected chi connectivity index (χ2v) is 7.27. The van der Waals surface area contributed by atoms with Crippen LogP contribution in [0.5, 0.6) is 11.5 Å². The normalized spacial score (nSPS) is 10.7. The minimum absolute atomic E-state index is 0.327. The molecular weight excluding hydrogens is 384 g/mol. The Bertz CT molecular complexity index is 788. The summed E-state index contributed by atoms with van der Waals surface area (Å²) in [6, 6.07) is 7.31. The minimum atomic E-state index is -0.734. The zero-order valence-corrected chi connectivity index (χ0v) is 18.4. The van der Waals surface area contributed by atoms with Crippen LogP contribution >= 0.6 is 0 Å². The van der Waals surface area contributed by atoms with Crippen LogP contribution in [-0.2, 0) is 9.47 Å². The van der Waals surface area contributed by atoms with Crippen LogP contribution < -0.4 is 9.47 Å². The molecule has 6 heteroatoms. The van der Waals surface area contributed by atoms with Gasteiger partial charge in [-0.1, -0.05) is 63.8 Å². The van der Waals surface area contributed by atoms with Gasteiger partial charge in [0.15, 0.2) is 0 Å². The lowest BCUT2D eigenvalue weighted by molar-refractivity contribution is 0.0955. The van der Waals surface area contributed by atoms with Gasteiger partial charge in [-0.25, -0.2) is 9.59 Å². The molecule has 0 aromatic heterocycles. The van der Waals surface area contributed by atoms with Crippen molar-refractivity contribution in [2.24, 2.45) is 0 Å². The highest BCUT2D eigenvalue weighted by Gasteiger charge is 2.21. The lowest BCUT2D eigenvalue weighted by Gasteiger charge is -2.17. The standard InChI is InChI=1S/C24H32O6/c1-5-7-11-15-27-23(25)29-21-17(3)18(4)22(20-14-10-9-13-19(20)21)30-24(26)28-16-12-8-6-2/h9-10,13-14H,5-8,11-12,15-16H2,1-4H3. The van der Waals surface area contributed by atoms with E-state index in [1.54, 1.807) is 0 Å². The van der Waals surface area contributed by atoms with Crippen molar-refractivity contribution in [1.82, 2.24) is 0 Å². The molecular formula is C24H32O6. The van der Waals surface area contributed by atoms with Gasteiger partial charge < -0.3 is 18.9 Å². The minimum Gasteiger partial charge on any atom is -0.434 e. The molecule has 0 heterocycles. The van der Waals surface area contributed by atoms with Gasteiger partial charge in [0, 0.05) is 10.8 Å². The second-order valence-electron chi connectivity index (χ2n) is 7.27. The Labute approximate surface area is 178 Å². The zero-order valence-electron chi connectivity index (χ0n) is 18.4. The van der Waals surface area contributed by atoms with Crippen LogP contribution in [0.4, 0.5) is 9.59 Å². The van der Waals surface area contributed by atoms with Crippen molar-refractivity contribution in [3.05, 3.63) is 35.4 Å². The van der Waals surface area contributed by atoms with Gasteiger partial charge in [0.1, 0.15) is 11.5 Å². The quantitative estimate of drug-likeness (QED) is 0.239. The summed E-state index contributed by atoms with van der Waals surface area (Å²) in [7, 11) is 0. The Hall–Kier alpha value is -2.76. The average Bonchev–Trinajstić information content (AvgIpc) is 2.75. The van der Waals surface area contributed by atoms with Gasteiger partial charge in [-0.3, -0.25) is 0 Å². The van der Waals surface area contributed by atoms with Crippen LogP contribution in [0, 0.1) is 13.8 Å². The molecule has 0 saturated heterocycles. The van der Waals surface area contributed by atoms with Crippen LogP contribution in [-0.4, -0.2) is 25.5 Å². The molecule has 0 radical (unpaired) electrons. The summed E-state index contributed by atoms with van der Waals surface area (Å²) in [5.41, 5.74) is 1.40. The third-order valence-corrected chi connectivity index (χ3v) is 4.97. The molecule has 0 amide bonds. The molecule has 0 aliphatic rings. The maximum Gasteiger partial charge on any atom is 0.513 e. The van der Waals surface area contributed by atoms with Crippen molar-refractivity contribution in [1.29, 1.82) is 0 Å². The van der Waals surface area contributed by atoms with Crippen molar-refractivity contribution < 1.29 is 28.5 Å². The summed E-state index contributed by atoms with van der Waals surface area (Å²) in [5.74, 6) is 0.819. The van der Waals surface area contributed by atoms with Crippen molar-refractivity contribution in [3.63, 3.8) is 0 Å². The van der Waals surface area contributed by atoms with Crippen LogP contribution in [0.25, 0.3) is 10.8 Å². The van der Waals surface area contributed by atoms with Crippen LogP contribution in [0.3, 0.4) is 0 Å². The fourth-order valence-electron chi connectivity index (χ4n) is 3.13. The summed E-state index contributed by atoms with van der Waals surface area (Å²) >= 11 is 0. The van der Waals surface area contributed by atoms with Gasteiger partial charge in [-0.2, -0.15) is 0 Å². The summed E-state index contributed by atoms with van der Waals surface area (Å²) in [4.78, 5) is 24.3.